The third kappa shape index (κ3) is 2.84. The molecule has 4 heteroatoms. The molecule has 2 fully saturated rings. The van der Waals surface area contributed by atoms with Crippen molar-refractivity contribution in [3.63, 3.8) is 0 Å². The van der Waals surface area contributed by atoms with E-state index >= 15 is 0 Å². The van der Waals surface area contributed by atoms with Crippen molar-refractivity contribution in [1.82, 2.24) is 15.1 Å². The summed E-state index contributed by atoms with van der Waals surface area (Å²) in [6.07, 6.45) is 7.82. The van der Waals surface area contributed by atoms with E-state index in [-0.39, 0.29) is 11.2 Å². The van der Waals surface area contributed by atoms with E-state index in [4.69, 9.17) is 4.74 Å². The third-order valence-corrected chi connectivity index (χ3v) is 4.17. The van der Waals surface area contributed by atoms with Crippen molar-refractivity contribution >= 4 is 0 Å². The Morgan fingerprint density at radius 2 is 2.11 bits per heavy atom. The van der Waals surface area contributed by atoms with Gasteiger partial charge in [-0.1, -0.05) is 0 Å². The third-order valence-electron chi connectivity index (χ3n) is 4.17. The molecule has 19 heavy (non-hydrogen) atoms. The van der Waals surface area contributed by atoms with Crippen LogP contribution in [0, 0.1) is 0 Å². The lowest BCUT2D eigenvalue weighted by Gasteiger charge is -2.27. The highest BCUT2D eigenvalue weighted by Gasteiger charge is 2.47. The summed E-state index contributed by atoms with van der Waals surface area (Å²) in [5.74, 6) is 0. The minimum absolute atomic E-state index is 0.0630. The average Bonchev–Trinajstić information content (AvgIpc) is 2.94. The van der Waals surface area contributed by atoms with Crippen LogP contribution in [-0.2, 0) is 11.3 Å². The van der Waals surface area contributed by atoms with Crippen LogP contribution in [-0.4, -0.2) is 27.0 Å². The van der Waals surface area contributed by atoms with Gasteiger partial charge in [0.25, 0.3) is 0 Å². The molecule has 1 aliphatic heterocycles. The fraction of sp³-hybridized carbons (Fsp3) is 0.800. The molecule has 2 heterocycles. The summed E-state index contributed by atoms with van der Waals surface area (Å²) < 4.78 is 8.24. The zero-order chi connectivity index (χ0) is 13.7. The van der Waals surface area contributed by atoms with E-state index in [1.165, 1.54) is 18.4 Å². The Morgan fingerprint density at radius 1 is 1.37 bits per heavy atom. The fourth-order valence-corrected chi connectivity index (χ4v) is 3.13. The molecule has 1 N–H and O–H groups in total. The maximum atomic E-state index is 6.14. The molecule has 1 aliphatic carbocycles. The Bertz CT molecular complexity index is 460. The van der Waals surface area contributed by atoms with Crippen LogP contribution in [0.3, 0.4) is 0 Å². The normalized spacial score (nSPS) is 28.7. The first kappa shape index (κ1) is 13.1. The van der Waals surface area contributed by atoms with Crippen LogP contribution >= 0.6 is 0 Å². The molecule has 0 spiro atoms. The lowest BCUT2D eigenvalue weighted by molar-refractivity contribution is -0.0737. The lowest BCUT2D eigenvalue weighted by atomic mass is 9.95. The number of ether oxygens (including phenoxy) is 1. The standard InChI is InChI=1S/C15H25N3O/c1-14(2)7-13(15(3,4)19-14)18-10-11(9-17-18)8-16-12-5-6-12/h9-10,12-13,16H,5-8H2,1-4H3. The molecule has 3 rings (SSSR count). The Morgan fingerprint density at radius 3 is 2.68 bits per heavy atom. The molecule has 1 unspecified atom stereocenters. The quantitative estimate of drug-likeness (QED) is 0.907. The second-order valence-corrected chi connectivity index (χ2v) is 7.17. The number of rotatable bonds is 4. The van der Waals surface area contributed by atoms with Crippen molar-refractivity contribution < 1.29 is 4.74 Å². The van der Waals surface area contributed by atoms with Crippen molar-refractivity contribution in [2.75, 3.05) is 0 Å². The largest absolute Gasteiger partial charge is 0.367 e. The smallest absolute Gasteiger partial charge is 0.0857 e. The summed E-state index contributed by atoms with van der Waals surface area (Å²) >= 11 is 0. The second-order valence-electron chi connectivity index (χ2n) is 7.17. The fourth-order valence-electron chi connectivity index (χ4n) is 3.13. The summed E-state index contributed by atoms with van der Waals surface area (Å²) in [5.41, 5.74) is 1.05. The van der Waals surface area contributed by atoms with Crippen LogP contribution < -0.4 is 5.32 Å². The molecule has 0 aromatic carbocycles. The minimum Gasteiger partial charge on any atom is -0.367 e. The van der Waals surface area contributed by atoms with Gasteiger partial charge < -0.3 is 10.1 Å². The van der Waals surface area contributed by atoms with Gasteiger partial charge in [0.15, 0.2) is 0 Å². The first-order valence-corrected chi connectivity index (χ1v) is 7.32. The maximum absolute atomic E-state index is 6.14. The molecule has 0 amide bonds. The molecule has 106 valence electrons. The van der Waals surface area contributed by atoms with Gasteiger partial charge in [-0.2, -0.15) is 5.10 Å². The van der Waals surface area contributed by atoms with E-state index in [1.807, 2.05) is 6.20 Å². The predicted octanol–water partition coefficient (Wildman–Crippen LogP) is 2.65. The van der Waals surface area contributed by atoms with Crippen LogP contribution in [0.15, 0.2) is 12.4 Å². The summed E-state index contributed by atoms with van der Waals surface area (Å²) in [7, 11) is 0. The number of hydrogen-bond acceptors (Lipinski definition) is 3. The van der Waals surface area contributed by atoms with Crippen molar-refractivity contribution in [2.45, 2.75) is 76.8 Å². The Kier molecular flexibility index (Phi) is 2.98. The molecule has 1 saturated heterocycles. The monoisotopic (exact) mass is 263 g/mol. The molecule has 1 saturated carbocycles. The van der Waals surface area contributed by atoms with Crippen molar-refractivity contribution in [3.05, 3.63) is 18.0 Å². The van der Waals surface area contributed by atoms with E-state index in [0.717, 1.165) is 19.0 Å². The second kappa shape index (κ2) is 4.32. The number of nitrogens with one attached hydrogen (secondary N) is 1. The first-order chi connectivity index (χ1) is 8.86. The molecule has 4 nitrogen and oxygen atoms in total. The van der Waals surface area contributed by atoms with Gasteiger partial charge in [-0.05, 0) is 40.5 Å². The van der Waals surface area contributed by atoms with Gasteiger partial charge in [0.2, 0.25) is 0 Å². The van der Waals surface area contributed by atoms with Crippen LogP contribution in [0.25, 0.3) is 0 Å². The Hall–Kier alpha value is -0.870. The predicted molar refractivity (Wildman–Crippen MR) is 75.0 cm³/mol. The zero-order valence-electron chi connectivity index (χ0n) is 12.4. The average molecular weight is 263 g/mol. The van der Waals surface area contributed by atoms with Gasteiger partial charge in [0.05, 0.1) is 23.4 Å². The summed E-state index contributed by atoms with van der Waals surface area (Å²) in [6, 6.07) is 1.06. The maximum Gasteiger partial charge on any atom is 0.0857 e. The number of aromatic nitrogens is 2. The zero-order valence-corrected chi connectivity index (χ0v) is 12.4. The van der Waals surface area contributed by atoms with Gasteiger partial charge in [-0.3, -0.25) is 4.68 Å². The number of hydrogen-bond donors (Lipinski definition) is 1. The van der Waals surface area contributed by atoms with Crippen molar-refractivity contribution in [3.8, 4) is 0 Å². The van der Waals surface area contributed by atoms with E-state index in [9.17, 15) is 0 Å². The Balaban J connectivity index is 1.71. The van der Waals surface area contributed by atoms with E-state index in [0.29, 0.717) is 6.04 Å². The minimum atomic E-state index is -0.156. The molecule has 1 aromatic heterocycles. The van der Waals surface area contributed by atoms with Crippen molar-refractivity contribution in [1.29, 1.82) is 0 Å². The molecule has 2 aliphatic rings. The van der Waals surface area contributed by atoms with E-state index in [2.05, 4.69) is 49.0 Å². The lowest BCUT2D eigenvalue weighted by Crippen LogP contribution is -2.31. The highest BCUT2D eigenvalue weighted by molar-refractivity contribution is 5.08. The van der Waals surface area contributed by atoms with Gasteiger partial charge in [-0.25, -0.2) is 0 Å². The molecule has 0 bridgehead atoms. The van der Waals surface area contributed by atoms with Crippen LogP contribution in [0.5, 0.6) is 0 Å². The highest BCUT2D eigenvalue weighted by Crippen LogP contribution is 2.44. The van der Waals surface area contributed by atoms with Gasteiger partial charge in [0.1, 0.15) is 0 Å². The topological polar surface area (TPSA) is 39.1 Å². The van der Waals surface area contributed by atoms with Crippen LogP contribution in [0.4, 0.5) is 0 Å². The first-order valence-electron chi connectivity index (χ1n) is 7.32. The molecule has 1 aromatic rings. The molecule has 1 atom stereocenters. The molecular weight excluding hydrogens is 238 g/mol. The van der Waals surface area contributed by atoms with Crippen LogP contribution in [0.1, 0.15) is 58.6 Å². The molecular formula is C15H25N3O. The highest BCUT2D eigenvalue weighted by atomic mass is 16.5. The van der Waals surface area contributed by atoms with E-state index < -0.39 is 0 Å². The van der Waals surface area contributed by atoms with Gasteiger partial charge >= 0.3 is 0 Å². The van der Waals surface area contributed by atoms with Gasteiger partial charge in [-0.15, -0.1) is 0 Å². The van der Waals surface area contributed by atoms with Crippen molar-refractivity contribution in [2.24, 2.45) is 0 Å². The number of nitrogens with zero attached hydrogens (tertiary/aromatic N) is 2. The SMILES string of the molecule is CC1(C)CC(n2cc(CNC3CC3)cn2)C(C)(C)O1. The van der Waals surface area contributed by atoms with Crippen LogP contribution in [0.2, 0.25) is 0 Å². The summed E-state index contributed by atoms with van der Waals surface area (Å²) in [6.45, 7) is 9.58. The van der Waals surface area contributed by atoms with Gasteiger partial charge in [0, 0.05) is 30.8 Å². The van der Waals surface area contributed by atoms with E-state index in [1.54, 1.807) is 0 Å². The summed E-state index contributed by atoms with van der Waals surface area (Å²) in [4.78, 5) is 0. The Labute approximate surface area is 115 Å². The molecule has 0 radical (unpaired) electrons. The summed E-state index contributed by atoms with van der Waals surface area (Å²) in [5, 5.41) is 8.08.